The van der Waals surface area contributed by atoms with E-state index in [4.69, 9.17) is 5.11 Å². The van der Waals surface area contributed by atoms with Crippen molar-refractivity contribution in [1.82, 2.24) is 4.98 Å². The summed E-state index contributed by atoms with van der Waals surface area (Å²) < 4.78 is 0. The second kappa shape index (κ2) is 3.40. The highest BCUT2D eigenvalue weighted by Crippen LogP contribution is 2.26. The van der Waals surface area contributed by atoms with Crippen LogP contribution in [0.25, 0.3) is 0 Å². The standard InChI is InChI=1S/C7H6N2O6/c1-2-3(7(12)13)5(10)4(9(14)15)6(11)8-2/h1H3,(H,12,13)(H2,8,10,11). The number of aromatic hydroxyl groups is 1. The van der Waals surface area contributed by atoms with Crippen LogP contribution < -0.4 is 5.56 Å². The SMILES string of the molecule is Cc1[nH]c(=O)c([N+](=O)[O-])c(O)c1C(=O)O. The van der Waals surface area contributed by atoms with Crippen LogP contribution in [-0.2, 0) is 0 Å². The molecule has 0 amide bonds. The van der Waals surface area contributed by atoms with E-state index in [-0.39, 0.29) is 5.69 Å². The Balaban J connectivity index is 3.72. The average molecular weight is 214 g/mol. The summed E-state index contributed by atoms with van der Waals surface area (Å²) in [5, 5.41) is 28.2. The Morgan fingerprint density at radius 2 is 2.07 bits per heavy atom. The predicted molar refractivity (Wildman–Crippen MR) is 47.1 cm³/mol. The highest BCUT2D eigenvalue weighted by Gasteiger charge is 2.27. The molecule has 1 rings (SSSR count). The summed E-state index contributed by atoms with van der Waals surface area (Å²) in [7, 11) is 0. The molecular weight excluding hydrogens is 208 g/mol. The van der Waals surface area contributed by atoms with Crippen molar-refractivity contribution in [3.05, 3.63) is 31.7 Å². The molecule has 0 radical (unpaired) electrons. The molecule has 8 nitrogen and oxygen atoms in total. The number of nitrogens with one attached hydrogen (secondary N) is 1. The van der Waals surface area contributed by atoms with Gasteiger partial charge in [-0.2, -0.15) is 0 Å². The number of nitro groups is 1. The summed E-state index contributed by atoms with van der Waals surface area (Å²) >= 11 is 0. The third-order valence-corrected chi connectivity index (χ3v) is 1.75. The number of hydrogen-bond acceptors (Lipinski definition) is 5. The minimum absolute atomic E-state index is 0.143. The van der Waals surface area contributed by atoms with E-state index in [2.05, 4.69) is 0 Å². The van der Waals surface area contributed by atoms with E-state index in [0.717, 1.165) is 0 Å². The molecule has 0 aliphatic heterocycles. The van der Waals surface area contributed by atoms with E-state index in [1.54, 1.807) is 0 Å². The quantitative estimate of drug-likeness (QED) is 0.468. The van der Waals surface area contributed by atoms with Crippen LogP contribution in [-0.4, -0.2) is 26.1 Å². The molecule has 0 aromatic carbocycles. The lowest BCUT2D eigenvalue weighted by molar-refractivity contribution is -0.387. The van der Waals surface area contributed by atoms with Gasteiger partial charge in [0.25, 0.3) is 0 Å². The normalized spacial score (nSPS) is 9.93. The van der Waals surface area contributed by atoms with Gasteiger partial charge in [-0.25, -0.2) is 4.79 Å². The van der Waals surface area contributed by atoms with Gasteiger partial charge in [-0.15, -0.1) is 0 Å². The van der Waals surface area contributed by atoms with Crippen molar-refractivity contribution in [2.24, 2.45) is 0 Å². The minimum atomic E-state index is -1.55. The van der Waals surface area contributed by atoms with Crippen LogP contribution >= 0.6 is 0 Å². The molecule has 1 aromatic heterocycles. The van der Waals surface area contributed by atoms with Crippen molar-refractivity contribution < 1.29 is 19.9 Å². The molecule has 0 fully saturated rings. The van der Waals surface area contributed by atoms with Gasteiger partial charge in [0.1, 0.15) is 5.56 Å². The number of carbonyl (C=O) groups is 1. The zero-order valence-electron chi connectivity index (χ0n) is 7.47. The van der Waals surface area contributed by atoms with Gasteiger partial charge in [-0.1, -0.05) is 0 Å². The van der Waals surface area contributed by atoms with E-state index in [1.165, 1.54) is 6.92 Å². The fourth-order valence-corrected chi connectivity index (χ4v) is 1.13. The number of aromatic nitrogens is 1. The Bertz CT molecular complexity index is 503. The molecule has 0 saturated carbocycles. The first-order chi connectivity index (χ1) is 6.86. The molecule has 0 aliphatic rings. The van der Waals surface area contributed by atoms with Crippen LogP contribution in [0.2, 0.25) is 0 Å². The zero-order chi connectivity index (χ0) is 11.7. The summed E-state index contributed by atoms with van der Waals surface area (Å²) in [5.74, 6) is -2.68. The van der Waals surface area contributed by atoms with Gasteiger partial charge < -0.3 is 15.2 Å². The first kappa shape index (κ1) is 10.7. The number of H-pyrrole nitrogens is 1. The number of pyridine rings is 1. The second-order valence-corrected chi connectivity index (χ2v) is 2.71. The molecule has 1 aromatic rings. The van der Waals surface area contributed by atoms with Gasteiger partial charge in [0.15, 0.2) is 0 Å². The Morgan fingerprint density at radius 3 is 2.47 bits per heavy atom. The summed E-state index contributed by atoms with van der Waals surface area (Å²) in [5.41, 5.74) is -3.13. The van der Waals surface area contributed by atoms with Gasteiger partial charge in [-0.3, -0.25) is 14.9 Å². The van der Waals surface area contributed by atoms with Gasteiger partial charge in [0, 0.05) is 5.69 Å². The van der Waals surface area contributed by atoms with Crippen molar-refractivity contribution in [2.75, 3.05) is 0 Å². The fraction of sp³-hybridized carbons (Fsp3) is 0.143. The number of aromatic amines is 1. The molecule has 15 heavy (non-hydrogen) atoms. The summed E-state index contributed by atoms with van der Waals surface area (Å²) in [6.45, 7) is 1.22. The molecule has 0 atom stereocenters. The summed E-state index contributed by atoms with van der Waals surface area (Å²) in [6.07, 6.45) is 0. The zero-order valence-corrected chi connectivity index (χ0v) is 7.47. The number of aromatic carboxylic acids is 1. The predicted octanol–water partition coefficient (Wildman–Crippen LogP) is -0.00468. The molecule has 0 saturated heterocycles. The number of nitrogens with zero attached hydrogens (tertiary/aromatic N) is 1. The number of carboxylic acid groups (broad SMARTS) is 1. The second-order valence-electron chi connectivity index (χ2n) is 2.71. The molecular formula is C7H6N2O6. The first-order valence-electron chi connectivity index (χ1n) is 3.69. The highest BCUT2D eigenvalue weighted by atomic mass is 16.6. The van der Waals surface area contributed by atoms with E-state index in [1.807, 2.05) is 4.98 Å². The van der Waals surface area contributed by atoms with Crippen LogP contribution in [0.15, 0.2) is 4.79 Å². The summed E-state index contributed by atoms with van der Waals surface area (Å²) in [6, 6.07) is 0. The monoisotopic (exact) mass is 214 g/mol. The van der Waals surface area contributed by atoms with Crippen LogP contribution in [0.3, 0.4) is 0 Å². The van der Waals surface area contributed by atoms with Crippen LogP contribution in [0.5, 0.6) is 5.75 Å². The van der Waals surface area contributed by atoms with Gasteiger partial charge >= 0.3 is 17.2 Å². The minimum Gasteiger partial charge on any atom is -0.501 e. The Labute approximate surface area is 81.9 Å². The topological polar surface area (TPSA) is 134 Å². The van der Waals surface area contributed by atoms with E-state index in [9.17, 15) is 24.8 Å². The summed E-state index contributed by atoms with van der Waals surface area (Å²) in [4.78, 5) is 32.8. The molecule has 0 spiro atoms. The Hall–Kier alpha value is -2.38. The lowest BCUT2D eigenvalue weighted by Crippen LogP contribution is -2.17. The maximum Gasteiger partial charge on any atom is 0.375 e. The van der Waals surface area contributed by atoms with Crippen molar-refractivity contribution in [2.45, 2.75) is 6.92 Å². The maximum absolute atomic E-state index is 11.0. The third-order valence-electron chi connectivity index (χ3n) is 1.75. The van der Waals surface area contributed by atoms with E-state index < -0.39 is 33.5 Å². The van der Waals surface area contributed by atoms with E-state index in [0.29, 0.717) is 0 Å². The lowest BCUT2D eigenvalue weighted by atomic mass is 10.1. The molecule has 3 N–H and O–H groups in total. The average Bonchev–Trinajstić information content (AvgIpc) is 1.99. The van der Waals surface area contributed by atoms with Crippen LogP contribution in [0.1, 0.15) is 16.1 Å². The number of aryl methyl sites for hydroxylation is 1. The number of carboxylic acids is 1. The molecule has 0 unspecified atom stereocenters. The lowest BCUT2D eigenvalue weighted by Gasteiger charge is -2.02. The third kappa shape index (κ3) is 1.64. The first-order valence-corrected chi connectivity index (χ1v) is 3.69. The van der Waals surface area contributed by atoms with Crippen molar-refractivity contribution in [1.29, 1.82) is 0 Å². The molecule has 1 heterocycles. The Kier molecular flexibility index (Phi) is 2.43. The maximum atomic E-state index is 11.0. The van der Waals surface area contributed by atoms with Crippen molar-refractivity contribution >= 4 is 11.7 Å². The van der Waals surface area contributed by atoms with Crippen molar-refractivity contribution in [3.63, 3.8) is 0 Å². The van der Waals surface area contributed by atoms with Crippen LogP contribution in [0.4, 0.5) is 5.69 Å². The number of rotatable bonds is 2. The van der Waals surface area contributed by atoms with Gasteiger partial charge in [0.2, 0.25) is 5.75 Å². The van der Waals surface area contributed by atoms with Crippen molar-refractivity contribution in [3.8, 4) is 5.75 Å². The molecule has 0 aliphatic carbocycles. The Morgan fingerprint density at radius 1 is 1.53 bits per heavy atom. The van der Waals surface area contributed by atoms with Crippen LogP contribution in [0, 0.1) is 17.0 Å². The largest absolute Gasteiger partial charge is 0.501 e. The highest BCUT2D eigenvalue weighted by molar-refractivity contribution is 5.93. The molecule has 0 bridgehead atoms. The fourth-order valence-electron chi connectivity index (χ4n) is 1.13. The molecule has 80 valence electrons. The van der Waals surface area contributed by atoms with Gasteiger partial charge in [0.05, 0.1) is 4.92 Å². The van der Waals surface area contributed by atoms with Gasteiger partial charge in [-0.05, 0) is 6.92 Å². The smallest absolute Gasteiger partial charge is 0.375 e. The van der Waals surface area contributed by atoms with E-state index >= 15 is 0 Å². The number of hydrogen-bond donors (Lipinski definition) is 3. The molecule has 8 heteroatoms.